The van der Waals surface area contributed by atoms with Crippen LogP contribution in [0.5, 0.6) is 11.5 Å². The Bertz CT molecular complexity index is 1450. The van der Waals surface area contributed by atoms with Gasteiger partial charge in [-0.05, 0) is 85.6 Å². The van der Waals surface area contributed by atoms with Crippen LogP contribution in [0.4, 0.5) is 11.4 Å². The first-order valence-electron chi connectivity index (χ1n) is 11.3. The molecule has 1 aliphatic heterocycles. The van der Waals surface area contributed by atoms with Crippen molar-refractivity contribution in [2.45, 2.75) is 24.3 Å². The quantitative estimate of drug-likeness (QED) is 0.371. The summed E-state index contributed by atoms with van der Waals surface area (Å²) in [7, 11) is -3.69. The second-order valence-corrected chi connectivity index (χ2v) is 10.2. The average molecular weight is 485 g/mol. The second-order valence-electron chi connectivity index (χ2n) is 8.40. The second kappa shape index (κ2) is 9.27. The van der Waals surface area contributed by atoms with E-state index >= 15 is 0 Å². The number of benzene rings is 4. The molecule has 1 aliphatic rings. The number of hydrogen-bond donors (Lipinski definition) is 1. The number of amides is 1. The van der Waals surface area contributed by atoms with E-state index in [-0.39, 0.29) is 16.8 Å². The molecule has 4 aromatic carbocycles. The van der Waals surface area contributed by atoms with Crippen molar-refractivity contribution in [3.05, 3.63) is 114 Å². The summed E-state index contributed by atoms with van der Waals surface area (Å²) in [5.41, 5.74) is 2.55. The van der Waals surface area contributed by atoms with Crippen LogP contribution in [0.15, 0.2) is 108 Å². The molecule has 1 heterocycles. The van der Waals surface area contributed by atoms with Crippen molar-refractivity contribution >= 4 is 27.3 Å². The van der Waals surface area contributed by atoms with Crippen molar-refractivity contribution in [2.75, 3.05) is 9.62 Å². The molecule has 1 N–H and O–H groups in total. The van der Waals surface area contributed by atoms with Crippen molar-refractivity contribution < 1.29 is 17.9 Å². The number of rotatable bonds is 6. The highest BCUT2D eigenvalue weighted by Gasteiger charge is 2.36. The fourth-order valence-electron chi connectivity index (χ4n) is 4.25. The van der Waals surface area contributed by atoms with E-state index in [1.165, 1.54) is 4.31 Å². The minimum atomic E-state index is -3.69. The SMILES string of the molecule is C[C@@H]1Cc2cc(C(=O)Nc3ccc(Oc4ccccc4)cc3)ccc2N1S(=O)(=O)c1ccccc1. The zero-order chi connectivity index (χ0) is 24.4. The predicted octanol–water partition coefficient (Wildman–Crippen LogP) is 5.87. The van der Waals surface area contributed by atoms with Crippen LogP contribution in [0, 0.1) is 0 Å². The van der Waals surface area contributed by atoms with Gasteiger partial charge in [-0.1, -0.05) is 36.4 Å². The van der Waals surface area contributed by atoms with Crippen LogP contribution < -0.4 is 14.4 Å². The summed E-state index contributed by atoms with van der Waals surface area (Å²) < 4.78 is 33.7. The van der Waals surface area contributed by atoms with Crippen LogP contribution in [0.3, 0.4) is 0 Å². The van der Waals surface area contributed by atoms with E-state index in [4.69, 9.17) is 4.74 Å². The van der Waals surface area contributed by atoms with Gasteiger partial charge in [0.05, 0.1) is 10.6 Å². The molecule has 0 aromatic heterocycles. The maximum Gasteiger partial charge on any atom is 0.264 e. The van der Waals surface area contributed by atoms with Crippen molar-refractivity contribution in [3.63, 3.8) is 0 Å². The molecular formula is C28H24N2O4S. The summed E-state index contributed by atoms with van der Waals surface area (Å²) in [6, 6.07) is 29.9. The van der Waals surface area contributed by atoms with E-state index in [9.17, 15) is 13.2 Å². The first kappa shape index (κ1) is 22.7. The van der Waals surface area contributed by atoms with Crippen molar-refractivity contribution in [1.29, 1.82) is 0 Å². The molecule has 0 bridgehead atoms. The summed E-state index contributed by atoms with van der Waals surface area (Å²) in [6.07, 6.45) is 0.536. The van der Waals surface area contributed by atoms with Gasteiger partial charge in [0, 0.05) is 17.3 Å². The predicted molar refractivity (Wildman–Crippen MR) is 137 cm³/mol. The number of sulfonamides is 1. The summed E-state index contributed by atoms with van der Waals surface area (Å²) in [5.74, 6) is 1.14. The van der Waals surface area contributed by atoms with Crippen molar-refractivity contribution in [3.8, 4) is 11.5 Å². The highest BCUT2D eigenvalue weighted by molar-refractivity contribution is 7.92. The van der Waals surface area contributed by atoms with E-state index in [2.05, 4.69) is 5.32 Å². The minimum Gasteiger partial charge on any atom is -0.457 e. The van der Waals surface area contributed by atoms with Gasteiger partial charge in [0.2, 0.25) is 0 Å². The topological polar surface area (TPSA) is 75.7 Å². The summed E-state index contributed by atoms with van der Waals surface area (Å²) in [6.45, 7) is 1.87. The number of carbonyl (C=O) groups excluding carboxylic acids is 1. The third-order valence-electron chi connectivity index (χ3n) is 5.89. The molecule has 0 radical (unpaired) electrons. The van der Waals surface area contributed by atoms with Crippen molar-refractivity contribution in [2.24, 2.45) is 0 Å². The third-order valence-corrected chi connectivity index (χ3v) is 7.83. The van der Waals surface area contributed by atoms with Crippen LogP contribution in [-0.2, 0) is 16.4 Å². The fourth-order valence-corrected chi connectivity index (χ4v) is 5.96. The van der Waals surface area contributed by atoms with Gasteiger partial charge in [-0.2, -0.15) is 0 Å². The highest BCUT2D eigenvalue weighted by Crippen LogP contribution is 2.37. The Labute approximate surface area is 204 Å². The molecule has 176 valence electrons. The fraction of sp³-hybridized carbons (Fsp3) is 0.107. The molecule has 1 amide bonds. The minimum absolute atomic E-state index is 0.245. The monoisotopic (exact) mass is 484 g/mol. The molecule has 5 rings (SSSR count). The van der Waals surface area contributed by atoms with Gasteiger partial charge in [0.25, 0.3) is 15.9 Å². The Morgan fingerprint density at radius 2 is 1.49 bits per heavy atom. The van der Waals surface area contributed by atoms with E-state index in [1.807, 2.05) is 37.3 Å². The van der Waals surface area contributed by atoms with Crippen LogP contribution in [0.25, 0.3) is 0 Å². The molecule has 0 saturated carbocycles. The maximum atomic E-state index is 13.2. The number of para-hydroxylation sites is 1. The van der Waals surface area contributed by atoms with Gasteiger partial charge in [0.1, 0.15) is 11.5 Å². The van der Waals surface area contributed by atoms with E-state index in [0.29, 0.717) is 29.1 Å². The van der Waals surface area contributed by atoms with E-state index < -0.39 is 10.0 Å². The standard InChI is InChI=1S/C28H24N2O4S/c1-20-18-22-19-21(12-17-27(22)30(20)35(32,33)26-10-6-3-7-11-26)28(31)29-23-13-15-25(16-14-23)34-24-8-4-2-5-9-24/h2-17,19-20H,18H2,1H3,(H,29,31)/t20-/m1/s1. The highest BCUT2D eigenvalue weighted by atomic mass is 32.2. The number of anilines is 2. The zero-order valence-corrected chi connectivity index (χ0v) is 19.9. The van der Waals surface area contributed by atoms with Gasteiger partial charge in [-0.15, -0.1) is 0 Å². The lowest BCUT2D eigenvalue weighted by Gasteiger charge is -2.24. The molecule has 0 fully saturated rings. The Morgan fingerprint density at radius 1 is 0.857 bits per heavy atom. The summed E-state index contributed by atoms with van der Waals surface area (Å²) >= 11 is 0. The van der Waals surface area contributed by atoms with Gasteiger partial charge >= 0.3 is 0 Å². The summed E-state index contributed by atoms with van der Waals surface area (Å²) in [5, 5.41) is 2.89. The molecule has 35 heavy (non-hydrogen) atoms. The van der Waals surface area contributed by atoms with Gasteiger partial charge < -0.3 is 10.1 Å². The largest absolute Gasteiger partial charge is 0.457 e. The number of nitrogens with zero attached hydrogens (tertiary/aromatic N) is 1. The molecule has 0 saturated heterocycles. The lowest BCUT2D eigenvalue weighted by Crippen LogP contribution is -2.35. The Hall–Kier alpha value is -4.10. The lowest BCUT2D eigenvalue weighted by atomic mass is 10.1. The third kappa shape index (κ3) is 4.63. The molecule has 0 unspecified atom stereocenters. The van der Waals surface area contributed by atoms with Crippen LogP contribution in [0.2, 0.25) is 0 Å². The van der Waals surface area contributed by atoms with Gasteiger partial charge in [-0.3, -0.25) is 9.10 Å². The molecule has 1 atom stereocenters. The van der Waals surface area contributed by atoms with Gasteiger partial charge in [0.15, 0.2) is 0 Å². The molecule has 0 spiro atoms. The summed E-state index contributed by atoms with van der Waals surface area (Å²) in [4.78, 5) is 13.1. The lowest BCUT2D eigenvalue weighted by molar-refractivity contribution is 0.102. The normalized spacial score (nSPS) is 14.9. The van der Waals surface area contributed by atoms with E-state index in [0.717, 1.165) is 11.3 Å². The average Bonchev–Trinajstić information content (AvgIpc) is 3.22. The van der Waals surface area contributed by atoms with Crippen LogP contribution in [0.1, 0.15) is 22.8 Å². The zero-order valence-electron chi connectivity index (χ0n) is 19.1. The molecule has 0 aliphatic carbocycles. The maximum absolute atomic E-state index is 13.2. The first-order valence-corrected chi connectivity index (χ1v) is 12.7. The first-order chi connectivity index (χ1) is 16.9. The molecule has 7 heteroatoms. The molecule has 4 aromatic rings. The van der Waals surface area contributed by atoms with Crippen LogP contribution >= 0.6 is 0 Å². The Balaban J connectivity index is 1.31. The Morgan fingerprint density at radius 3 is 2.17 bits per heavy atom. The number of hydrogen-bond acceptors (Lipinski definition) is 4. The van der Waals surface area contributed by atoms with Gasteiger partial charge in [-0.25, -0.2) is 8.42 Å². The number of ether oxygens (including phenoxy) is 1. The number of nitrogens with one attached hydrogen (secondary N) is 1. The van der Waals surface area contributed by atoms with Crippen LogP contribution in [-0.4, -0.2) is 20.4 Å². The smallest absolute Gasteiger partial charge is 0.264 e. The number of carbonyl (C=O) groups is 1. The molecule has 6 nitrogen and oxygen atoms in total. The Kier molecular flexibility index (Phi) is 6.01. The molecular weight excluding hydrogens is 460 g/mol. The van der Waals surface area contributed by atoms with Crippen molar-refractivity contribution in [1.82, 2.24) is 0 Å². The van der Waals surface area contributed by atoms with E-state index in [1.54, 1.807) is 72.8 Å². The number of fused-ring (bicyclic) bond motifs is 1.